The smallest absolute Gasteiger partial charge is 0.303 e. The monoisotopic (exact) mass is 571 g/mol. The van der Waals surface area contributed by atoms with E-state index >= 15 is 4.39 Å². The molecule has 1 fully saturated rings. The zero-order chi connectivity index (χ0) is 29.7. The van der Waals surface area contributed by atoms with Crippen LogP contribution in [0.3, 0.4) is 0 Å². The molecular weight excluding hydrogens is 538 g/mol. The first-order valence-electron chi connectivity index (χ1n) is 13.4. The second-order valence-corrected chi connectivity index (χ2v) is 10.7. The predicted molar refractivity (Wildman–Crippen MR) is 149 cm³/mol. The summed E-state index contributed by atoms with van der Waals surface area (Å²) in [5, 5.41) is 10.3. The lowest BCUT2D eigenvalue weighted by Gasteiger charge is -2.41. The lowest BCUT2D eigenvalue weighted by Crippen LogP contribution is -2.41. The number of hydrogen-bond acceptors (Lipinski definition) is 5. The number of carboxylic acid groups (broad SMARTS) is 1. The summed E-state index contributed by atoms with van der Waals surface area (Å²) in [7, 11) is 5.20. The molecule has 1 aromatic heterocycles. The number of benzene rings is 2. The van der Waals surface area contributed by atoms with Gasteiger partial charge in [0.25, 0.3) is 0 Å². The van der Waals surface area contributed by atoms with Crippen LogP contribution in [0.4, 0.5) is 23.2 Å². The average Bonchev–Trinajstić information content (AvgIpc) is 2.94. The van der Waals surface area contributed by atoms with Gasteiger partial charge in [-0.15, -0.1) is 0 Å². The number of methoxy groups -OCH3 is 1. The Kier molecular flexibility index (Phi) is 9.38. The van der Waals surface area contributed by atoms with Crippen molar-refractivity contribution in [2.45, 2.75) is 38.3 Å². The number of pyridine rings is 1. The van der Waals surface area contributed by atoms with Crippen LogP contribution in [0.15, 0.2) is 36.5 Å². The largest absolute Gasteiger partial charge is 0.497 e. The van der Waals surface area contributed by atoms with Crippen molar-refractivity contribution in [1.29, 1.82) is 0 Å². The second kappa shape index (κ2) is 12.8. The van der Waals surface area contributed by atoms with Crippen LogP contribution in [-0.4, -0.2) is 61.8 Å². The molecular formula is C31H33F4N3O3. The van der Waals surface area contributed by atoms with Crippen molar-refractivity contribution in [1.82, 2.24) is 9.88 Å². The van der Waals surface area contributed by atoms with Crippen molar-refractivity contribution in [2.75, 3.05) is 45.7 Å². The number of hydrogen-bond donors (Lipinski definition) is 1. The van der Waals surface area contributed by atoms with Crippen LogP contribution >= 0.6 is 0 Å². The normalized spacial score (nSPS) is 15.7. The Bertz CT molecular complexity index is 1450. The Hall–Kier alpha value is -3.84. The van der Waals surface area contributed by atoms with E-state index in [2.05, 4.69) is 16.8 Å². The van der Waals surface area contributed by atoms with Crippen molar-refractivity contribution in [3.05, 3.63) is 65.1 Å². The number of rotatable bonds is 9. The minimum atomic E-state index is -1.54. The predicted octanol–water partition coefficient (Wildman–Crippen LogP) is 6.13. The van der Waals surface area contributed by atoms with Gasteiger partial charge < -0.3 is 14.7 Å². The summed E-state index contributed by atoms with van der Waals surface area (Å²) in [6.07, 6.45) is 1.84. The van der Waals surface area contributed by atoms with E-state index < -0.39 is 35.0 Å². The number of fused-ring (bicyclic) bond motifs is 1. The maximum Gasteiger partial charge on any atom is 0.303 e. The summed E-state index contributed by atoms with van der Waals surface area (Å²) in [6.45, 7) is 1.39. The van der Waals surface area contributed by atoms with Crippen LogP contribution in [0.1, 0.15) is 49.4 Å². The molecule has 0 saturated carbocycles. The number of carboxylic acids is 1. The molecule has 1 aliphatic rings. The maximum absolute atomic E-state index is 16.1. The number of alkyl halides is 1. The van der Waals surface area contributed by atoms with E-state index in [4.69, 9.17) is 4.74 Å². The zero-order valence-electron chi connectivity index (χ0n) is 23.3. The summed E-state index contributed by atoms with van der Waals surface area (Å²) in [4.78, 5) is 20.1. The van der Waals surface area contributed by atoms with Gasteiger partial charge in [0, 0.05) is 30.6 Å². The van der Waals surface area contributed by atoms with Crippen molar-refractivity contribution < 1.29 is 32.2 Å². The first kappa shape index (κ1) is 30.1. The summed E-state index contributed by atoms with van der Waals surface area (Å²) in [5.74, 6) is 1.03. The number of aliphatic carboxylic acids is 1. The van der Waals surface area contributed by atoms with Gasteiger partial charge in [0.15, 0.2) is 17.5 Å². The third-order valence-corrected chi connectivity index (χ3v) is 7.78. The topological polar surface area (TPSA) is 65.9 Å². The summed E-state index contributed by atoms with van der Waals surface area (Å²) < 4.78 is 61.5. The Morgan fingerprint density at radius 1 is 1.17 bits per heavy atom. The molecule has 1 atom stereocenters. The van der Waals surface area contributed by atoms with E-state index in [1.165, 1.54) is 0 Å². The van der Waals surface area contributed by atoms with Crippen molar-refractivity contribution in [3.8, 4) is 17.6 Å². The van der Waals surface area contributed by atoms with Crippen LogP contribution in [0, 0.1) is 34.7 Å². The lowest BCUT2D eigenvalue weighted by atomic mass is 9.71. The van der Waals surface area contributed by atoms with Gasteiger partial charge >= 0.3 is 5.97 Å². The number of anilines is 1. The fourth-order valence-corrected chi connectivity index (χ4v) is 5.47. The van der Waals surface area contributed by atoms with Crippen LogP contribution < -0.4 is 9.64 Å². The molecule has 41 heavy (non-hydrogen) atoms. The highest BCUT2D eigenvalue weighted by Crippen LogP contribution is 2.44. The Balaban J connectivity index is 1.47. The average molecular weight is 572 g/mol. The van der Waals surface area contributed by atoms with Crippen LogP contribution in [-0.2, 0) is 4.79 Å². The van der Waals surface area contributed by atoms with E-state index in [0.29, 0.717) is 66.8 Å². The van der Waals surface area contributed by atoms with Gasteiger partial charge in [0.2, 0.25) is 0 Å². The minimum absolute atomic E-state index is 0.0333. The van der Waals surface area contributed by atoms with E-state index in [9.17, 15) is 23.1 Å². The highest BCUT2D eigenvalue weighted by molar-refractivity contribution is 5.88. The first-order chi connectivity index (χ1) is 19.5. The fraction of sp³-hybridized carbons (Fsp3) is 0.419. The molecule has 1 unspecified atom stereocenters. The molecule has 1 N–H and O–H groups in total. The molecule has 10 heteroatoms. The first-order valence-corrected chi connectivity index (χ1v) is 13.4. The maximum atomic E-state index is 16.1. The molecule has 218 valence electrons. The van der Waals surface area contributed by atoms with E-state index in [1.54, 1.807) is 31.5 Å². The quantitative estimate of drug-likeness (QED) is 0.190. The van der Waals surface area contributed by atoms with Gasteiger partial charge in [-0.05, 0) is 74.5 Å². The molecule has 2 heterocycles. The van der Waals surface area contributed by atoms with Crippen LogP contribution in [0.2, 0.25) is 0 Å². The molecule has 0 amide bonds. The SMILES string of the molecule is COc1ccc2ncc(N(C)C)c(C(F)CCC3(CC(=O)O)CCN(CC#Cc4cc(F)c(F)c(F)c4)CC3)c2c1. The van der Waals surface area contributed by atoms with Gasteiger partial charge in [0.1, 0.15) is 11.9 Å². The van der Waals surface area contributed by atoms with Crippen molar-refractivity contribution >= 4 is 22.6 Å². The molecule has 6 nitrogen and oxygen atoms in total. The van der Waals surface area contributed by atoms with Crippen LogP contribution in [0.5, 0.6) is 5.75 Å². The molecule has 0 bridgehead atoms. The molecule has 0 radical (unpaired) electrons. The standard InChI is InChI=1S/C31H33F4N3O3/c1-37(2)27-19-36-26-7-6-21(41-3)17-22(26)29(27)23(32)8-9-31(18-28(39)40)10-13-38(14-11-31)12-4-5-20-15-24(33)30(35)25(34)16-20/h6-7,15-17,19,23H,8-14,18H2,1-3H3,(H,39,40). The third-order valence-electron chi connectivity index (χ3n) is 7.78. The van der Waals surface area contributed by atoms with E-state index in [0.717, 1.165) is 12.1 Å². The number of ether oxygens (including phenoxy) is 1. The molecule has 1 aliphatic heterocycles. The van der Waals surface area contributed by atoms with Crippen molar-refractivity contribution in [2.24, 2.45) is 5.41 Å². The Morgan fingerprint density at radius 3 is 2.46 bits per heavy atom. The number of carbonyl (C=O) groups is 1. The fourth-order valence-electron chi connectivity index (χ4n) is 5.47. The molecule has 3 aromatic rings. The van der Waals surface area contributed by atoms with Crippen LogP contribution in [0.25, 0.3) is 10.9 Å². The van der Waals surface area contributed by atoms with Gasteiger partial charge in [0.05, 0.1) is 37.5 Å². The molecule has 2 aromatic carbocycles. The zero-order valence-corrected chi connectivity index (χ0v) is 23.3. The van der Waals surface area contributed by atoms with Gasteiger partial charge in [-0.2, -0.15) is 0 Å². The van der Waals surface area contributed by atoms with Gasteiger partial charge in [-0.1, -0.05) is 11.8 Å². The summed E-state index contributed by atoms with van der Waals surface area (Å²) in [6, 6.07) is 7.03. The van der Waals surface area contributed by atoms with E-state index in [-0.39, 0.29) is 18.4 Å². The Morgan fingerprint density at radius 2 is 1.85 bits per heavy atom. The van der Waals surface area contributed by atoms with Gasteiger partial charge in [-0.3, -0.25) is 14.7 Å². The molecule has 0 aliphatic carbocycles. The summed E-state index contributed by atoms with van der Waals surface area (Å²) in [5.41, 5.74) is 1.26. The Labute approximate surface area is 236 Å². The third kappa shape index (κ3) is 7.09. The number of likely N-dealkylation sites (tertiary alicyclic amines) is 1. The van der Waals surface area contributed by atoms with E-state index in [1.807, 2.05) is 23.9 Å². The number of nitrogens with zero attached hydrogens (tertiary/aromatic N) is 3. The van der Waals surface area contributed by atoms with Gasteiger partial charge in [-0.25, -0.2) is 17.6 Å². The number of piperidine rings is 1. The van der Waals surface area contributed by atoms with Crippen molar-refractivity contribution in [3.63, 3.8) is 0 Å². The second-order valence-electron chi connectivity index (χ2n) is 10.7. The lowest BCUT2D eigenvalue weighted by molar-refractivity contribution is -0.141. The molecule has 4 rings (SSSR count). The summed E-state index contributed by atoms with van der Waals surface area (Å²) >= 11 is 0. The number of aromatic nitrogens is 1. The highest BCUT2D eigenvalue weighted by Gasteiger charge is 2.37. The minimum Gasteiger partial charge on any atom is -0.497 e. The molecule has 1 saturated heterocycles. The molecule has 0 spiro atoms. The number of halogens is 4. The highest BCUT2D eigenvalue weighted by atomic mass is 19.2.